The van der Waals surface area contributed by atoms with E-state index in [1.165, 1.54) is 19.3 Å². The van der Waals surface area contributed by atoms with Crippen LogP contribution in [-0.2, 0) is 4.74 Å². The number of aliphatic hydroxyl groups excluding tert-OH is 1. The van der Waals surface area contributed by atoms with Crippen molar-refractivity contribution < 1.29 is 9.84 Å². The quantitative estimate of drug-likeness (QED) is 0.725. The van der Waals surface area contributed by atoms with Gasteiger partial charge in [-0.1, -0.05) is 13.3 Å². The Morgan fingerprint density at radius 1 is 1.44 bits per heavy atom. The zero-order valence-electron chi connectivity index (χ0n) is 10.5. The van der Waals surface area contributed by atoms with Gasteiger partial charge in [-0.15, -0.1) is 0 Å². The Bertz CT molecular complexity index is 224. The van der Waals surface area contributed by atoms with Crippen LogP contribution >= 0.6 is 0 Å². The predicted octanol–water partition coefficient (Wildman–Crippen LogP) is 1.69. The summed E-state index contributed by atoms with van der Waals surface area (Å²) in [5.41, 5.74) is 0.415. The van der Waals surface area contributed by atoms with E-state index in [1.807, 2.05) is 0 Å². The molecule has 16 heavy (non-hydrogen) atoms. The monoisotopic (exact) mass is 227 g/mol. The first kappa shape index (κ1) is 12.3. The van der Waals surface area contributed by atoms with Crippen molar-refractivity contribution in [2.45, 2.75) is 64.1 Å². The number of aliphatic hydroxyl groups is 1. The molecule has 0 saturated heterocycles. The molecule has 3 atom stereocenters. The summed E-state index contributed by atoms with van der Waals surface area (Å²) in [6.07, 6.45) is 6.55. The average molecular weight is 227 g/mol. The second-order valence-corrected chi connectivity index (χ2v) is 5.27. The fraction of sp³-hybridized carbons (Fsp3) is 1.00. The molecule has 0 aliphatic heterocycles. The molecular weight excluding hydrogens is 202 g/mol. The Balaban J connectivity index is 1.88. The molecule has 3 heteroatoms. The SMILES string of the molecule is CCOC1CC(N[C@H](CC)CO)C12CCC2. The predicted molar refractivity (Wildman–Crippen MR) is 64.4 cm³/mol. The van der Waals surface area contributed by atoms with Crippen LogP contribution in [0, 0.1) is 5.41 Å². The van der Waals surface area contributed by atoms with Gasteiger partial charge in [0.2, 0.25) is 0 Å². The Kier molecular flexibility index (Phi) is 3.88. The lowest BCUT2D eigenvalue weighted by molar-refractivity contribution is -0.175. The highest BCUT2D eigenvalue weighted by atomic mass is 16.5. The fourth-order valence-corrected chi connectivity index (χ4v) is 3.26. The molecule has 0 radical (unpaired) electrons. The van der Waals surface area contributed by atoms with Gasteiger partial charge in [0.15, 0.2) is 0 Å². The van der Waals surface area contributed by atoms with Crippen molar-refractivity contribution in [3.8, 4) is 0 Å². The summed E-state index contributed by atoms with van der Waals surface area (Å²) in [6, 6.07) is 0.847. The van der Waals surface area contributed by atoms with Crippen molar-refractivity contribution in [1.29, 1.82) is 0 Å². The second-order valence-electron chi connectivity index (χ2n) is 5.27. The number of hydrogen-bond acceptors (Lipinski definition) is 3. The van der Waals surface area contributed by atoms with Crippen LogP contribution < -0.4 is 5.32 Å². The van der Waals surface area contributed by atoms with Gasteiger partial charge in [0, 0.05) is 24.1 Å². The minimum atomic E-state index is 0.252. The Morgan fingerprint density at radius 2 is 2.19 bits per heavy atom. The third-order valence-electron chi connectivity index (χ3n) is 4.59. The molecule has 1 spiro atoms. The van der Waals surface area contributed by atoms with Gasteiger partial charge < -0.3 is 15.2 Å². The molecular formula is C13H25NO2. The maximum absolute atomic E-state index is 9.23. The standard InChI is InChI=1S/C13H25NO2/c1-3-10(9-15)14-11-8-12(16-4-2)13(11)6-5-7-13/h10-12,14-15H,3-9H2,1-2H3/t10-,11?,12?/m1/s1. The van der Waals surface area contributed by atoms with Crippen molar-refractivity contribution in [3.63, 3.8) is 0 Å². The minimum Gasteiger partial charge on any atom is -0.395 e. The molecule has 0 heterocycles. The molecule has 2 aliphatic carbocycles. The van der Waals surface area contributed by atoms with Gasteiger partial charge in [0.25, 0.3) is 0 Å². The van der Waals surface area contributed by atoms with E-state index < -0.39 is 0 Å². The Labute approximate surface area is 98.6 Å². The van der Waals surface area contributed by atoms with E-state index in [2.05, 4.69) is 19.2 Å². The molecule has 0 aromatic carbocycles. The Morgan fingerprint density at radius 3 is 2.62 bits per heavy atom. The van der Waals surface area contributed by atoms with Gasteiger partial charge in [-0.05, 0) is 32.6 Å². The largest absolute Gasteiger partial charge is 0.395 e. The van der Waals surface area contributed by atoms with Crippen LogP contribution in [0.2, 0.25) is 0 Å². The van der Waals surface area contributed by atoms with Gasteiger partial charge in [-0.3, -0.25) is 0 Å². The lowest BCUT2D eigenvalue weighted by atomic mass is 9.51. The molecule has 2 saturated carbocycles. The lowest BCUT2D eigenvalue weighted by Gasteiger charge is -2.61. The van der Waals surface area contributed by atoms with Crippen LogP contribution in [-0.4, -0.2) is 36.5 Å². The molecule has 94 valence electrons. The number of hydrogen-bond donors (Lipinski definition) is 2. The average Bonchev–Trinajstić information content (AvgIpc) is 2.20. The first-order chi connectivity index (χ1) is 7.76. The molecule has 2 unspecified atom stereocenters. The van der Waals surface area contributed by atoms with Gasteiger partial charge in [0.1, 0.15) is 0 Å². The zero-order chi connectivity index (χ0) is 11.6. The van der Waals surface area contributed by atoms with E-state index in [1.54, 1.807) is 0 Å². The van der Waals surface area contributed by atoms with Gasteiger partial charge in [0.05, 0.1) is 12.7 Å². The van der Waals surface area contributed by atoms with Crippen LogP contribution in [0.3, 0.4) is 0 Å². The lowest BCUT2D eigenvalue weighted by Crippen LogP contribution is -2.68. The van der Waals surface area contributed by atoms with Crippen LogP contribution in [0.1, 0.15) is 46.0 Å². The third-order valence-corrected chi connectivity index (χ3v) is 4.59. The molecule has 2 N–H and O–H groups in total. The van der Waals surface area contributed by atoms with E-state index in [0.29, 0.717) is 17.6 Å². The third kappa shape index (κ3) is 1.89. The number of rotatable bonds is 6. The summed E-state index contributed by atoms with van der Waals surface area (Å²) in [5, 5.41) is 12.8. The number of ether oxygens (including phenoxy) is 1. The highest BCUT2D eigenvalue weighted by Crippen LogP contribution is 2.57. The van der Waals surface area contributed by atoms with Crippen LogP contribution in [0.4, 0.5) is 0 Å². The van der Waals surface area contributed by atoms with Crippen molar-refractivity contribution >= 4 is 0 Å². The smallest absolute Gasteiger partial charge is 0.0661 e. The molecule has 2 rings (SSSR count). The summed E-state index contributed by atoms with van der Waals surface area (Å²) >= 11 is 0. The summed E-state index contributed by atoms with van der Waals surface area (Å²) in [4.78, 5) is 0. The van der Waals surface area contributed by atoms with Crippen LogP contribution in [0.5, 0.6) is 0 Å². The maximum atomic E-state index is 9.23. The van der Waals surface area contributed by atoms with Crippen molar-refractivity contribution in [1.82, 2.24) is 5.32 Å². The van der Waals surface area contributed by atoms with Crippen molar-refractivity contribution in [3.05, 3.63) is 0 Å². The minimum absolute atomic E-state index is 0.252. The maximum Gasteiger partial charge on any atom is 0.0661 e. The molecule has 0 amide bonds. The topological polar surface area (TPSA) is 41.5 Å². The van der Waals surface area contributed by atoms with Crippen molar-refractivity contribution in [2.75, 3.05) is 13.2 Å². The summed E-state index contributed by atoms with van der Waals surface area (Å²) < 4.78 is 5.81. The van der Waals surface area contributed by atoms with E-state index in [9.17, 15) is 5.11 Å². The van der Waals surface area contributed by atoms with E-state index in [4.69, 9.17) is 4.74 Å². The zero-order valence-corrected chi connectivity index (χ0v) is 10.5. The van der Waals surface area contributed by atoms with E-state index >= 15 is 0 Å². The fourth-order valence-electron chi connectivity index (χ4n) is 3.26. The van der Waals surface area contributed by atoms with Crippen LogP contribution in [0.25, 0.3) is 0 Å². The first-order valence-electron chi connectivity index (χ1n) is 6.75. The van der Waals surface area contributed by atoms with Gasteiger partial charge in [-0.2, -0.15) is 0 Å². The Hall–Kier alpha value is -0.120. The molecule has 2 fully saturated rings. The van der Waals surface area contributed by atoms with Crippen molar-refractivity contribution in [2.24, 2.45) is 5.41 Å². The van der Waals surface area contributed by atoms with E-state index in [0.717, 1.165) is 19.4 Å². The van der Waals surface area contributed by atoms with Gasteiger partial charge >= 0.3 is 0 Å². The summed E-state index contributed by atoms with van der Waals surface area (Å²) in [5.74, 6) is 0. The molecule has 0 aromatic rings. The highest BCUT2D eigenvalue weighted by Gasteiger charge is 2.58. The molecule has 3 nitrogen and oxygen atoms in total. The number of nitrogens with one attached hydrogen (secondary N) is 1. The summed E-state index contributed by atoms with van der Waals surface area (Å²) in [6.45, 7) is 5.29. The molecule has 2 aliphatic rings. The molecule has 0 aromatic heterocycles. The van der Waals surface area contributed by atoms with E-state index in [-0.39, 0.29) is 12.6 Å². The summed E-state index contributed by atoms with van der Waals surface area (Å²) in [7, 11) is 0. The first-order valence-corrected chi connectivity index (χ1v) is 6.75. The van der Waals surface area contributed by atoms with Gasteiger partial charge in [-0.25, -0.2) is 0 Å². The highest BCUT2D eigenvalue weighted by molar-refractivity contribution is 5.12. The second kappa shape index (κ2) is 5.03. The van der Waals surface area contributed by atoms with Crippen LogP contribution in [0.15, 0.2) is 0 Å². The normalized spacial score (nSPS) is 33.2. The molecule has 0 bridgehead atoms.